The second-order valence-electron chi connectivity index (χ2n) is 4.81. The standard InChI is InChI=1S/C13H18N4O/c1-2-16-6-5-15-13(16)7-12(18)11-8-14-9-17(11)10-3-4-10/h5-6,8-10,12,18H,2-4,7H2,1H3. The lowest BCUT2D eigenvalue weighted by atomic mass is 10.2. The maximum Gasteiger partial charge on any atom is 0.111 e. The number of aromatic nitrogens is 4. The van der Waals surface area contributed by atoms with Crippen molar-refractivity contribution < 1.29 is 5.11 Å². The number of nitrogens with zero attached hydrogens (tertiary/aromatic N) is 4. The minimum absolute atomic E-state index is 0.527. The van der Waals surface area contributed by atoms with Crippen molar-refractivity contribution in [1.29, 1.82) is 0 Å². The van der Waals surface area contributed by atoms with Crippen molar-refractivity contribution in [1.82, 2.24) is 19.1 Å². The summed E-state index contributed by atoms with van der Waals surface area (Å²) >= 11 is 0. The third kappa shape index (κ3) is 2.06. The second-order valence-corrected chi connectivity index (χ2v) is 4.81. The zero-order valence-corrected chi connectivity index (χ0v) is 10.5. The van der Waals surface area contributed by atoms with Crippen molar-refractivity contribution >= 4 is 0 Å². The van der Waals surface area contributed by atoms with Gasteiger partial charge in [0.2, 0.25) is 0 Å². The lowest BCUT2D eigenvalue weighted by Gasteiger charge is -2.13. The highest BCUT2D eigenvalue weighted by molar-refractivity contribution is 5.09. The van der Waals surface area contributed by atoms with E-state index in [1.54, 1.807) is 12.4 Å². The smallest absolute Gasteiger partial charge is 0.111 e. The highest BCUT2D eigenvalue weighted by Gasteiger charge is 2.27. The van der Waals surface area contributed by atoms with Crippen LogP contribution in [-0.2, 0) is 13.0 Å². The molecule has 5 nitrogen and oxygen atoms in total. The molecule has 0 radical (unpaired) electrons. The van der Waals surface area contributed by atoms with Crippen LogP contribution in [0.3, 0.4) is 0 Å². The van der Waals surface area contributed by atoms with Crippen LogP contribution in [0.1, 0.15) is 43.4 Å². The molecule has 1 atom stereocenters. The molecule has 18 heavy (non-hydrogen) atoms. The van der Waals surface area contributed by atoms with Gasteiger partial charge in [0, 0.05) is 31.4 Å². The molecule has 0 saturated heterocycles. The van der Waals surface area contributed by atoms with E-state index < -0.39 is 6.10 Å². The van der Waals surface area contributed by atoms with Gasteiger partial charge < -0.3 is 14.2 Å². The number of aryl methyl sites for hydroxylation is 1. The van der Waals surface area contributed by atoms with E-state index in [1.807, 2.05) is 12.5 Å². The highest BCUT2D eigenvalue weighted by Crippen LogP contribution is 2.37. The molecule has 2 aromatic heterocycles. The van der Waals surface area contributed by atoms with E-state index in [9.17, 15) is 5.11 Å². The van der Waals surface area contributed by atoms with Crippen molar-refractivity contribution in [3.8, 4) is 0 Å². The summed E-state index contributed by atoms with van der Waals surface area (Å²) in [5, 5.41) is 10.3. The average molecular weight is 246 g/mol. The fraction of sp³-hybridized carbons (Fsp3) is 0.538. The van der Waals surface area contributed by atoms with Gasteiger partial charge in [-0.05, 0) is 19.8 Å². The average Bonchev–Trinajstić information content (AvgIpc) is 2.93. The van der Waals surface area contributed by atoms with Crippen LogP contribution in [0.15, 0.2) is 24.9 Å². The lowest BCUT2D eigenvalue weighted by molar-refractivity contribution is 0.165. The fourth-order valence-electron chi connectivity index (χ4n) is 2.33. The monoisotopic (exact) mass is 246 g/mol. The molecule has 1 unspecified atom stereocenters. The van der Waals surface area contributed by atoms with Crippen molar-refractivity contribution in [3.63, 3.8) is 0 Å². The first-order valence-electron chi connectivity index (χ1n) is 6.49. The van der Waals surface area contributed by atoms with Gasteiger partial charge in [-0.15, -0.1) is 0 Å². The van der Waals surface area contributed by atoms with E-state index in [4.69, 9.17) is 0 Å². The van der Waals surface area contributed by atoms with Crippen LogP contribution in [0.2, 0.25) is 0 Å². The third-order valence-corrected chi connectivity index (χ3v) is 3.50. The molecule has 96 valence electrons. The Bertz CT molecular complexity index is 527. The first-order valence-corrected chi connectivity index (χ1v) is 6.49. The van der Waals surface area contributed by atoms with E-state index in [2.05, 4.69) is 26.0 Å². The second kappa shape index (κ2) is 4.57. The summed E-state index contributed by atoms with van der Waals surface area (Å²) in [4.78, 5) is 8.45. The summed E-state index contributed by atoms with van der Waals surface area (Å²) in [6, 6.07) is 0.545. The molecular formula is C13H18N4O. The Labute approximate surface area is 106 Å². The summed E-state index contributed by atoms with van der Waals surface area (Å²) in [6.45, 7) is 2.95. The van der Waals surface area contributed by atoms with Crippen LogP contribution in [0, 0.1) is 0 Å². The van der Waals surface area contributed by atoms with Crippen molar-refractivity contribution in [2.24, 2.45) is 0 Å². The van der Waals surface area contributed by atoms with Crippen LogP contribution in [-0.4, -0.2) is 24.2 Å². The molecule has 0 aromatic carbocycles. The number of aliphatic hydroxyl groups excluding tert-OH is 1. The fourth-order valence-corrected chi connectivity index (χ4v) is 2.33. The zero-order valence-electron chi connectivity index (χ0n) is 10.5. The Morgan fingerprint density at radius 3 is 3.06 bits per heavy atom. The molecule has 5 heteroatoms. The van der Waals surface area contributed by atoms with Gasteiger partial charge in [-0.2, -0.15) is 0 Å². The molecule has 1 aliphatic carbocycles. The van der Waals surface area contributed by atoms with E-state index in [0.717, 1.165) is 18.1 Å². The van der Waals surface area contributed by atoms with Crippen LogP contribution >= 0.6 is 0 Å². The molecule has 1 aliphatic rings. The summed E-state index contributed by atoms with van der Waals surface area (Å²) < 4.78 is 4.16. The van der Waals surface area contributed by atoms with Gasteiger partial charge in [0.25, 0.3) is 0 Å². The first-order chi connectivity index (χ1) is 8.79. The number of hydrogen-bond donors (Lipinski definition) is 1. The molecular weight excluding hydrogens is 228 g/mol. The molecule has 0 aliphatic heterocycles. The van der Waals surface area contributed by atoms with Gasteiger partial charge in [-0.25, -0.2) is 9.97 Å². The van der Waals surface area contributed by atoms with Crippen LogP contribution in [0.4, 0.5) is 0 Å². The molecule has 1 N–H and O–H groups in total. The summed E-state index contributed by atoms with van der Waals surface area (Å²) in [5.41, 5.74) is 0.906. The van der Waals surface area contributed by atoms with Gasteiger partial charge >= 0.3 is 0 Å². The number of rotatable bonds is 5. The largest absolute Gasteiger partial charge is 0.386 e. The lowest BCUT2D eigenvalue weighted by Crippen LogP contribution is -2.11. The Morgan fingerprint density at radius 1 is 1.50 bits per heavy atom. The number of aliphatic hydroxyl groups is 1. The Kier molecular flexibility index (Phi) is 2.91. The van der Waals surface area contributed by atoms with Gasteiger partial charge in [0.1, 0.15) is 11.9 Å². The Morgan fingerprint density at radius 2 is 2.33 bits per heavy atom. The maximum absolute atomic E-state index is 10.3. The van der Waals surface area contributed by atoms with Crippen LogP contribution in [0.25, 0.3) is 0 Å². The molecule has 0 bridgehead atoms. The quantitative estimate of drug-likeness (QED) is 0.873. The van der Waals surface area contributed by atoms with Gasteiger partial charge in [-0.3, -0.25) is 0 Å². The molecule has 3 rings (SSSR count). The number of imidazole rings is 2. The van der Waals surface area contributed by atoms with Gasteiger partial charge in [0.15, 0.2) is 0 Å². The minimum Gasteiger partial charge on any atom is -0.386 e. The van der Waals surface area contributed by atoms with E-state index >= 15 is 0 Å². The molecule has 2 aromatic rings. The van der Waals surface area contributed by atoms with Crippen LogP contribution < -0.4 is 0 Å². The van der Waals surface area contributed by atoms with Crippen molar-refractivity contribution in [2.45, 2.75) is 44.9 Å². The van der Waals surface area contributed by atoms with Gasteiger partial charge in [0.05, 0.1) is 18.2 Å². The van der Waals surface area contributed by atoms with Crippen molar-refractivity contribution in [2.75, 3.05) is 0 Å². The number of hydrogen-bond acceptors (Lipinski definition) is 3. The van der Waals surface area contributed by atoms with Crippen molar-refractivity contribution in [3.05, 3.63) is 36.4 Å². The SMILES string of the molecule is CCn1ccnc1CC(O)c1cncn1C1CC1. The van der Waals surface area contributed by atoms with Crippen LogP contribution in [0.5, 0.6) is 0 Å². The highest BCUT2D eigenvalue weighted by atomic mass is 16.3. The third-order valence-electron chi connectivity index (χ3n) is 3.50. The molecule has 0 amide bonds. The summed E-state index contributed by atoms with van der Waals surface area (Å²) in [6.07, 6.45) is 9.72. The summed E-state index contributed by atoms with van der Waals surface area (Å²) in [5.74, 6) is 0.925. The first kappa shape index (κ1) is 11.5. The van der Waals surface area contributed by atoms with E-state index in [0.29, 0.717) is 12.5 Å². The molecule has 1 saturated carbocycles. The minimum atomic E-state index is -0.527. The van der Waals surface area contributed by atoms with E-state index in [-0.39, 0.29) is 0 Å². The van der Waals surface area contributed by atoms with E-state index in [1.165, 1.54) is 12.8 Å². The molecule has 2 heterocycles. The molecule has 1 fully saturated rings. The zero-order chi connectivity index (χ0) is 12.5. The predicted octanol–water partition coefficient (Wildman–Crippen LogP) is 1.71. The Balaban J connectivity index is 1.78. The normalized spacial score (nSPS) is 17.0. The topological polar surface area (TPSA) is 55.9 Å². The molecule has 0 spiro atoms. The summed E-state index contributed by atoms with van der Waals surface area (Å²) in [7, 11) is 0. The predicted molar refractivity (Wildman–Crippen MR) is 67.1 cm³/mol. The van der Waals surface area contributed by atoms with Gasteiger partial charge in [-0.1, -0.05) is 0 Å². The maximum atomic E-state index is 10.3. The Hall–Kier alpha value is -1.62.